The standard InChI is InChI=1S/C21H30ClN3O2/c1-21(2,3)12-19(26)25-10-4-5-18(25)20(27)24-13-14-11-15(22)6-7-16(14)17-8-9-23-17/h6-7,11,17-18,23H,4-5,8-10,12-13H2,1-3H3,(H,24,27). The lowest BCUT2D eigenvalue weighted by atomic mass is 9.91. The second-order valence-corrected chi connectivity index (χ2v) is 9.28. The smallest absolute Gasteiger partial charge is 0.243 e. The molecule has 0 radical (unpaired) electrons. The number of halogens is 1. The van der Waals surface area contributed by atoms with Crippen molar-refractivity contribution >= 4 is 23.4 Å². The molecule has 27 heavy (non-hydrogen) atoms. The Morgan fingerprint density at radius 3 is 2.67 bits per heavy atom. The van der Waals surface area contributed by atoms with Gasteiger partial charge in [-0.25, -0.2) is 0 Å². The molecule has 5 nitrogen and oxygen atoms in total. The number of hydrogen-bond acceptors (Lipinski definition) is 3. The average Bonchev–Trinajstić information content (AvgIpc) is 3.01. The number of carbonyl (C=O) groups is 2. The van der Waals surface area contributed by atoms with Gasteiger partial charge >= 0.3 is 0 Å². The number of hydrogen-bond donors (Lipinski definition) is 2. The van der Waals surface area contributed by atoms with E-state index in [1.807, 2.05) is 39.0 Å². The summed E-state index contributed by atoms with van der Waals surface area (Å²) in [6.45, 7) is 8.26. The van der Waals surface area contributed by atoms with Crippen LogP contribution in [0.1, 0.15) is 63.6 Å². The predicted octanol–water partition coefficient (Wildman–Crippen LogP) is 3.42. The minimum atomic E-state index is -0.357. The third kappa shape index (κ3) is 5.02. The fourth-order valence-electron chi connectivity index (χ4n) is 3.81. The molecule has 0 aliphatic carbocycles. The van der Waals surface area contributed by atoms with Gasteiger partial charge in [-0.2, -0.15) is 0 Å². The topological polar surface area (TPSA) is 61.4 Å². The molecule has 2 amide bonds. The summed E-state index contributed by atoms with van der Waals surface area (Å²) >= 11 is 6.17. The Morgan fingerprint density at radius 2 is 2.04 bits per heavy atom. The summed E-state index contributed by atoms with van der Waals surface area (Å²) in [4.78, 5) is 27.2. The van der Waals surface area contributed by atoms with Gasteiger partial charge < -0.3 is 15.5 Å². The summed E-state index contributed by atoms with van der Waals surface area (Å²) in [6, 6.07) is 5.84. The van der Waals surface area contributed by atoms with Crippen molar-refractivity contribution in [3.05, 3.63) is 34.3 Å². The summed E-state index contributed by atoms with van der Waals surface area (Å²) in [7, 11) is 0. The molecule has 0 bridgehead atoms. The van der Waals surface area contributed by atoms with Crippen LogP contribution in [0.2, 0.25) is 5.02 Å². The third-order valence-corrected chi connectivity index (χ3v) is 5.55. The highest BCUT2D eigenvalue weighted by molar-refractivity contribution is 6.30. The van der Waals surface area contributed by atoms with Crippen molar-refractivity contribution in [3.8, 4) is 0 Å². The second kappa shape index (κ2) is 8.19. The zero-order chi connectivity index (χ0) is 19.6. The van der Waals surface area contributed by atoms with E-state index in [0.717, 1.165) is 31.4 Å². The van der Waals surface area contributed by atoms with Crippen molar-refractivity contribution in [3.63, 3.8) is 0 Å². The van der Waals surface area contributed by atoms with E-state index < -0.39 is 0 Å². The van der Waals surface area contributed by atoms with Crippen LogP contribution in [-0.4, -0.2) is 35.8 Å². The molecule has 1 aromatic rings. The molecule has 2 aliphatic heterocycles. The molecule has 2 aliphatic rings. The molecule has 2 heterocycles. The first-order valence-electron chi connectivity index (χ1n) is 9.83. The van der Waals surface area contributed by atoms with E-state index >= 15 is 0 Å². The molecule has 0 aromatic heterocycles. The molecule has 2 fully saturated rings. The van der Waals surface area contributed by atoms with Crippen LogP contribution in [0.15, 0.2) is 18.2 Å². The van der Waals surface area contributed by atoms with Crippen molar-refractivity contribution in [1.29, 1.82) is 0 Å². The van der Waals surface area contributed by atoms with Crippen molar-refractivity contribution < 1.29 is 9.59 Å². The largest absolute Gasteiger partial charge is 0.350 e. The van der Waals surface area contributed by atoms with Gasteiger partial charge in [-0.05, 0) is 54.5 Å². The molecular weight excluding hydrogens is 362 g/mol. The fourth-order valence-corrected chi connectivity index (χ4v) is 4.01. The molecular formula is C21H30ClN3O2. The number of rotatable bonds is 5. The second-order valence-electron chi connectivity index (χ2n) is 8.84. The summed E-state index contributed by atoms with van der Waals surface area (Å²) in [6.07, 6.45) is 3.17. The maximum absolute atomic E-state index is 12.8. The molecule has 2 unspecified atom stereocenters. The van der Waals surface area contributed by atoms with Crippen LogP contribution in [0.4, 0.5) is 0 Å². The summed E-state index contributed by atoms with van der Waals surface area (Å²) < 4.78 is 0. The Kier molecular flexibility index (Phi) is 6.11. The predicted molar refractivity (Wildman–Crippen MR) is 107 cm³/mol. The molecule has 148 valence electrons. The Balaban J connectivity index is 1.63. The Morgan fingerprint density at radius 1 is 1.30 bits per heavy atom. The zero-order valence-electron chi connectivity index (χ0n) is 16.5. The van der Waals surface area contributed by atoms with Gasteiger partial charge in [-0.3, -0.25) is 9.59 Å². The van der Waals surface area contributed by atoms with E-state index in [4.69, 9.17) is 11.6 Å². The van der Waals surface area contributed by atoms with Crippen LogP contribution in [0.25, 0.3) is 0 Å². The maximum atomic E-state index is 12.8. The van der Waals surface area contributed by atoms with Crippen LogP contribution in [-0.2, 0) is 16.1 Å². The molecule has 2 atom stereocenters. The Labute approximate surface area is 166 Å². The lowest BCUT2D eigenvalue weighted by Crippen LogP contribution is -2.46. The highest BCUT2D eigenvalue weighted by Crippen LogP contribution is 2.29. The quantitative estimate of drug-likeness (QED) is 0.808. The first kappa shape index (κ1) is 20.2. The number of nitrogens with one attached hydrogen (secondary N) is 2. The number of carbonyl (C=O) groups excluding carboxylic acids is 2. The van der Waals surface area contributed by atoms with Crippen LogP contribution in [0.3, 0.4) is 0 Å². The van der Waals surface area contributed by atoms with E-state index in [9.17, 15) is 9.59 Å². The van der Waals surface area contributed by atoms with E-state index in [-0.39, 0.29) is 23.3 Å². The van der Waals surface area contributed by atoms with Gasteiger partial charge in [0.05, 0.1) is 0 Å². The SMILES string of the molecule is CC(C)(C)CC(=O)N1CCCC1C(=O)NCc1cc(Cl)ccc1C1CCN1. The van der Waals surface area contributed by atoms with Crippen LogP contribution in [0, 0.1) is 5.41 Å². The third-order valence-electron chi connectivity index (χ3n) is 5.31. The van der Waals surface area contributed by atoms with Crippen molar-refractivity contribution in [2.24, 2.45) is 5.41 Å². The monoisotopic (exact) mass is 391 g/mol. The Hall–Kier alpha value is -1.59. The van der Waals surface area contributed by atoms with Gasteiger partial charge in [-0.1, -0.05) is 38.4 Å². The summed E-state index contributed by atoms with van der Waals surface area (Å²) in [5.74, 6) is 0.00418. The normalized spacial score (nSPS) is 22.4. The fraction of sp³-hybridized carbons (Fsp3) is 0.619. The van der Waals surface area contributed by atoms with Gasteiger partial charge in [0.2, 0.25) is 11.8 Å². The minimum Gasteiger partial charge on any atom is -0.350 e. The summed E-state index contributed by atoms with van der Waals surface area (Å²) in [5, 5.41) is 7.11. The van der Waals surface area contributed by atoms with Crippen molar-refractivity contribution in [2.45, 2.75) is 65.1 Å². The van der Waals surface area contributed by atoms with E-state index in [1.165, 1.54) is 5.56 Å². The maximum Gasteiger partial charge on any atom is 0.243 e. The lowest BCUT2D eigenvalue weighted by Gasteiger charge is -2.30. The van der Waals surface area contributed by atoms with Crippen LogP contribution < -0.4 is 10.6 Å². The molecule has 6 heteroatoms. The average molecular weight is 392 g/mol. The van der Waals surface area contributed by atoms with Gasteiger partial charge in [-0.15, -0.1) is 0 Å². The molecule has 3 rings (SSSR count). The number of likely N-dealkylation sites (tertiary alicyclic amines) is 1. The van der Waals surface area contributed by atoms with Crippen LogP contribution >= 0.6 is 11.6 Å². The molecule has 0 spiro atoms. The molecule has 1 aromatic carbocycles. The van der Waals surface area contributed by atoms with Gasteiger partial charge in [0.1, 0.15) is 6.04 Å². The van der Waals surface area contributed by atoms with E-state index in [2.05, 4.69) is 10.6 Å². The zero-order valence-corrected chi connectivity index (χ0v) is 17.2. The highest BCUT2D eigenvalue weighted by Gasteiger charge is 2.35. The van der Waals surface area contributed by atoms with E-state index in [1.54, 1.807) is 4.90 Å². The van der Waals surface area contributed by atoms with Gasteiger partial charge in [0, 0.05) is 30.6 Å². The summed E-state index contributed by atoms with van der Waals surface area (Å²) in [5.41, 5.74) is 2.16. The molecule has 2 N–H and O–H groups in total. The number of amides is 2. The molecule has 0 saturated carbocycles. The van der Waals surface area contributed by atoms with Crippen LogP contribution in [0.5, 0.6) is 0 Å². The van der Waals surface area contributed by atoms with Gasteiger partial charge in [0.15, 0.2) is 0 Å². The number of benzene rings is 1. The Bertz CT molecular complexity index is 710. The highest BCUT2D eigenvalue weighted by atomic mass is 35.5. The molecule has 2 saturated heterocycles. The van der Waals surface area contributed by atoms with Gasteiger partial charge in [0.25, 0.3) is 0 Å². The lowest BCUT2D eigenvalue weighted by molar-refractivity contribution is -0.139. The first-order valence-corrected chi connectivity index (χ1v) is 10.2. The first-order chi connectivity index (χ1) is 12.7. The van der Waals surface area contributed by atoms with Crippen molar-refractivity contribution in [2.75, 3.05) is 13.1 Å². The van der Waals surface area contributed by atoms with Crippen molar-refractivity contribution in [1.82, 2.24) is 15.5 Å². The minimum absolute atomic E-state index is 0.0674. The van der Waals surface area contributed by atoms with E-state index in [0.29, 0.717) is 30.6 Å². The number of nitrogens with zero attached hydrogens (tertiary/aromatic N) is 1.